The van der Waals surface area contributed by atoms with E-state index in [1.165, 1.54) is 0 Å². The third-order valence-electron chi connectivity index (χ3n) is 4.08. The molecule has 1 aliphatic rings. The van der Waals surface area contributed by atoms with Gasteiger partial charge in [0.15, 0.2) is 0 Å². The largest absolute Gasteiger partial charge is 0.368 e. The van der Waals surface area contributed by atoms with Crippen molar-refractivity contribution in [1.29, 1.82) is 0 Å². The molecule has 1 saturated heterocycles. The first-order chi connectivity index (χ1) is 11.5. The lowest BCUT2D eigenvalue weighted by molar-refractivity contribution is 0.101. The second kappa shape index (κ2) is 8.69. The minimum absolute atomic E-state index is 0. The highest BCUT2D eigenvalue weighted by molar-refractivity contribution is 9.10. The number of pyridine rings is 1. The van der Waals surface area contributed by atoms with E-state index in [9.17, 15) is 4.79 Å². The Hall–Kier alpha value is -1.57. The van der Waals surface area contributed by atoms with Crippen molar-refractivity contribution in [3.63, 3.8) is 0 Å². The summed E-state index contributed by atoms with van der Waals surface area (Å²) in [5.74, 6) is 0.406. The Kier molecular flexibility index (Phi) is 6.87. The predicted molar refractivity (Wildman–Crippen MR) is 107 cm³/mol. The molecular weight excluding hydrogens is 406 g/mol. The Bertz CT molecular complexity index is 710. The molecule has 136 valence electrons. The molecule has 0 atom stereocenters. The number of piperazine rings is 1. The maximum atomic E-state index is 12.5. The van der Waals surface area contributed by atoms with Crippen LogP contribution >= 0.6 is 28.3 Å². The van der Waals surface area contributed by atoms with Crippen molar-refractivity contribution in [1.82, 2.24) is 14.9 Å². The lowest BCUT2D eigenvalue weighted by Crippen LogP contribution is -2.43. The van der Waals surface area contributed by atoms with Gasteiger partial charge in [-0.2, -0.15) is 0 Å². The van der Waals surface area contributed by atoms with Gasteiger partial charge in [-0.25, -0.2) is 4.98 Å². The summed E-state index contributed by atoms with van der Waals surface area (Å²) in [5.41, 5.74) is 1.70. The molecule has 0 aromatic carbocycles. The van der Waals surface area contributed by atoms with E-state index in [-0.39, 0.29) is 24.4 Å². The number of halogens is 2. The summed E-state index contributed by atoms with van der Waals surface area (Å²) in [6.07, 6.45) is 3.73. The van der Waals surface area contributed by atoms with E-state index in [4.69, 9.17) is 0 Å². The van der Waals surface area contributed by atoms with Crippen LogP contribution in [0.2, 0.25) is 0 Å². The SMILES string of the molecule is CC(C)n1cc(Br)cc1C(=O)Nc1ccc(N2CCNCC2)cn1.Cl. The number of aromatic nitrogens is 2. The lowest BCUT2D eigenvalue weighted by atomic mass is 10.3. The van der Waals surface area contributed by atoms with Crippen LogP contribution in [0.25, 0.3) is 0 Å². The standard InChI is InChI=1S/C17H22BrN5O.ClH/c1-12(2)23-11-13(18)9-15(23)17(24)21-16-4-3-14(10-20-16)22-7-5-19-6-8-22;/h3-4,9-12,19H,5-8H2,1-2H3,(H,20,21,24);1H. The van der Waals surface area contributed by atoms with Gasteiger partial charge >= 0.3 is 0 Å². The molecule has 0 unspecified atom stereocenters. The van der Waals surface area contributed by atoms with Crippen molar-refractivity contribution < 1.29 is 4.79 Å². The highest BCUT2D eigenvalue weighted by Crippen LogP contribution is 2.21. The summed E-state index contributed by atoms with van der Waals surface area (Å²) >= 11 is 3.43. The number of anilines is 2. The van der Waals surface area contributed by atoms with Crippen molar-refractivity contribution in [3.8, 4) is 0 Å². The fourth-order valence-electron chi connectivity index (χ4n) is 2.81. The summed E-state index contributed by atoms with van der Waals surface area (Å²) in [5, 5.41) is 6.21. The highest BCUT2D eigenvalue weighted by atomic mass is 79.9. The van der Waals surface area contributed by atoms with Crippen LogP contribution in [0, 0.1) is 0 Å². The van der Waals surface area contributed by atoms with E-state index in [0.717, 1.165) is 36.3 Å². The van der Waals surface area contributed by atoms with E-state index < -0.39 is 0 Å². The summed E-state index contributed by atoms with van der Waals surface area (Å²) in [6, 6.07) is 5.89. The van der Waals surface area contributed by atoms with Gasteiger partial charge in [-0.15, -0.1) is 12.4 Å². The molecule has 1 amide bonds. The highest BCUT2D eigenvalue weighted by Gasteiger charge is 2.16. The third-order valence-corrected chi connectivity index (χ3v) is 4.51. The molecule has 0 saturated carbocycles. The summed E-state index contributed by atoms with van der Waals surface area (Å²) in [7, 11) is 0. The number of hydrogen-bond acceptors (Lipinski definition) is 4. The normalized spacial score (nSPS) is 14.3. The zero-order chi connectivity index (χ0) is 17.1. The van der Waals surface area contributed by atoms with Crippen LogP contribution in [-0.4, -0.2) is 41.6 Å². The monoisotopic (exact) mass is 427 g/mol. The first-order valence-electron chi connectivity index (χ1n) is 8.15. The first-order valence-corrected chi connectivity index (χ1v) is 8.94. The second-order valence-electron chi connectivity index (χ2n) is 6.14. The van der Waals surface area contributed by atoms with Crippen LogP contribution in [0.1, 0.15) is 30.4 Å². The zero-order valence-corrected chi connectivity index (χ0v) is 16.7. The fraction of sp³-hybridized carbons (Fsp3) is 0.412. The Morgan fingerprint density at radius 1 is 1.32 bits per heavy atom. The van der Waals surface area contributed by atoms with E-state index >= 15 is 0 Å². The van der Waals surface area contributed by atoms with Crippen molar-refractivity contribution in [2.45, 2.75) is 19.9 Å². The maximum Gasteiger partial charge on any atom is 0.273 e. The van der Waals surface area contributed by atoms with Crippen LogP contribution in [0.4, 0.5) is 11.5 Å². The van der Waals surface area contributed by atoms with Gasteiger partial charge in [0.2, 0.25) is 0 Å². The van der Waals surface area contributed by atoms with Crippen LogP contribution in [0.15, 0.2) is 35.1 Å². The molecule has 1 aliphatic heterocycles. The van der Waals surface area contributed by atoms with Gasteiger partial charge in [-0.3, -0.25) is 4.79 Å². The van der Waals surface area contributed by atoms with Crippen LogP contribution < -0.4 is 15.5 Å². The minimum atomic E-state index is -0.156. The van der Waals surface area contributed by atoms with Gasteiger partial charge in [0.25, 0.3) is 5.91 Å². The Labute approximate surface area is 162 Å². The zero-order valence-electron chi connectivity index (χ0n) is 14.3. The van der Waals surface area contributed by atoms with Gasteiger partial charge in [-0.1, -0.05) is 0 Å². The molecule has 0 radical (unpaired) electrons. The van der Waals surface area contributed by atoms with Crippen LogP contribution in [-0.2, 0) is 0 Å². The molecule has 3 rings (SSSR count). The van der Waals surface area contributed by atoms with Crippen molar-refractivity contribution >= 4 is 45.7 Å². The topological polar surface area (TPSA) is 62.2 Å². The van der Waals surface area contributed by atoms with Crippen LogP contribution in [0.5, 0.6) is 0 Å². The minimum Gasteiger partial charge on any atom is -0.368 e. The molecule has 2 aromatic rings. The summed E-state index contributed by atoms with van der Waals surface area (Å²) in [4.78, 5) is 19.2. The van der Waals surface area contributed by atoms with Gasteiger partial charge in [0.05, 0.1) is 11.9 Å². The Morgan fingerprint density at radius 3 is 2.64 bits per heavy atom. The quantitative estimate of drug-likeness (QED) is 0.784. The molecule has 0 spiro atoms. The molecule has 3 heterocycles. The molecule has 25 heavy (non-hydrogen) atoms. The summed E-state index contributed by atoms with van der Waals surface area (Å²) < 4.78 is 2.83. The average Bonchev–Trinajstić information content (AvgIpc) is 2.99. The molecular formula is C17H23BrClN5O. The number of nitrogens with zero attached hydrogens (tertiary/aromatic N) is 3. The smallest absolute Gasteiger partial charge is 0.273 e. The second-order valence-corrected chi connectivity index (χ2v) is 7.05. The predicted octanol–water partition coefficient (Wildman–Crippen LogP) is 3.31. The van der Waals surface area contributed by atoms with E-state index in [1.807, 2.05) is 49.0 Å². The average molecular weight is 429 g/mol. The van der Waals surface area contributed by atoms with E-state index in [2.05, 4.69) is 36.4 Å². The lowest BCUT2D eigenvalue weighted by Gasteiger charge is -2.29. The first kappa shape index (κ1) is 19.8. The number of nitrogens with one attached hydrogen (secondary N) is 2. The molecule has 0 aliphatic carbocycles. The van der Waals surface area contributed by atoms with Crippen molar-refractivity contribution in [2.24, 2.45) is 0 Å². The number of hydrogen-bond donors (Lipinski definition) is 2. The molecule has 1 fully saturated rings. The van der Waals surface area contributed by atoms with Gasteiger partial charge < -0.3 is 20.1 Å². The number of rotatable bonds is 4. The van der Waals surface area contributed by atoms with E-state index in [1.54, 1.807) is 0 Å². The number of carbonyl (C=O) groups excluding carboxylic acids is 1. The Balaban J connectivity index is 0.00000225. The molecule has 6 nitrogen and oxygen atoms in total. The molecule has 2 aromatic heterocycles. The van der Waals surface area contributed by atoms with Gasteiger partial charge in [0.1, 0.15) is 11.5 Å². The summed E-state index contributed by atoms with van der Waals surface area (Å²) in [6.45, 7) is 8.01. The fourth-order valence-corrected chi connectivity index (χ4v) is 3.24. The van der Waals surface area contributed by atoms with Crippen LogP contribution in [0.3, 0.4) is 0 Å². The van der Waals surface area contributed by atoms with Crippen molar-refractivity contribution in [3.05, 3.63) is 40.8 Å². The third kappa shape index (κ3) is 4.74. The van der Waals surface area contributed by atoms with Crippen molar-refractivity contribution in [2.75, 3.05) is 36.4 Å². The number of carbonyl (C=O) groups is 1. The number of amides is 1. The van der Waals surface area contributed by atoms with Gasteiger partial charge in [0, 0.05) is 42.9 Å². The Morgan fingerprint density at radius 2 is 2.04 bits per heavy atom. The van der Waals surface area contributed by atoms with Gasteiger partial charge in [-0.05, 0) is 48.0 Å². The molecule has 0 bridgehead atoms. The molecule has 8 heteroatoms. The van der Waals surface area contributed by atoms with E-state index in [0.29, 0.717) is 11.5 Å². The maximum absolute atomic E-state index is 12.5. The molecule has 2 N–H and O–H groups in total.